The smallest absolute Gasteiger partial charge is 0.269 e. The van der Waals surface area contributed by atoms with Crippen LogP contribution in [-0.4, -0.2) is 20.2 Å². The number of ether oxygens (including phenoxy) is 2. The second kappa shape index (κ2) is 15.1. The number of para-hydroxylation sites is 1. The minimum absolute atomic E-state index is 0.00766. The molecule has 0 amide bonds. The lowest BCUT2D eigenvalue weighted by atomic mass is 9.68. The number of allylic oxidation sites excluding steroid dienone is 6. The second-order valence-electron chi connectivity index (χ2n) is 16.2. The van der Waals surface area contributed by atoms with Crippen molar-refractivity contribution in [1.29, 1.82) is 5.26 Å². The van der Waals surface area contributed by atoms with E-state index in [9.17, 15) is 5.26 Å². The number of anilines is 4. The van der Waals surface area contributed by atoms with Gasteiger partial charge in [0.25, 0.3) is 5.70 Å². The molecular formula is C51H46N4O2. The van der Waals surface area contributed by atoms with E-state index < -0.39 is 0 Å². The summed E-state index contributed by atoms with van der Waals surface area (Å²) >= 11 is 0. The van der Waals surface area contributed by atoms with Crippen LogP contribution in [0.5, 0.6) is 5.75 Å². The normalized spacial score (nSPS) is 17.6. The van der Waals surface area contributed by atoms with E-state index >= 15 is 0 Å². The van der Waals surface area contributed by atoms with E-state index in [2.05, 4.69) is 145 Å². The van der Waals surface area contributed by atoms with E-state index in [-0.39, 0.29) is 16.5 Å². The van der Waals surface area contributed by atoms with Gasteiger partial charge < -0.3 is 19.3 Å². The molecule has 0 aliphatic carbocycles. The maximum Gasteiger partial charge on any atom is 0.269 e. The molecule has 0 fully saturated rings. The van der Waals surface area contributed by atoms with Gasteiger partial charge in [-0.05, 0) is 113 Å². The molecule has 3 aliphatic heterocycles. The fraction of sp³-hybridized carbons (Fsp3) is 0.216. The number of benzene rings is 5. The molecule has 0 N–H and O–H groups in total. The fourth-order valence-corrected chi connectivity index (χ4v) is 8.41. The first-order valence-corrected chi connectivity index (χ1v) is 19.5. The molecule has 5 aromatic carbocycles. The molecule has 0 aromatic heterocycles. The molecule has 0 bridgehead atoms. The number of methoxy groups -OCH3 is 1. The summed E-state index contributed by atoms with van der Waals surface area (Å²) < 4.78 is 12.6. The van der Waals surface area contributed by atoms with Gasteiger partial charge in [-0.3, -0.25) is 0 Å². The summed E-state index contributed by atoms with van der Waals surface area (Å²) in [7, 11) is 1.76. The molecule has 0 unspecified atom stereocenters. The maximum atomic E-state index is 9.84. The Labute approximate surface area is 336 Å². The summed E-state index contributed by atoms with van der Waals surface area (Å²) in [5.41, 5.74) is 9.58. The fourth-order valence-electron chi connectivity index (χ4n) is 8.41. The summed E-state index contributed by atoms with van der Waals surface area (Å²) in [6.07, 6.45) is 13.5. The number of hydrogen-bond acceptors (Lipinski definition) is 5. The van der Waals surface area contributed by atoms with Gasteiger partial charge >= 0.3 is 0 Å². The molecule has 0 saturated carbocycles. The van der Waals surface area contributed by atoms with Gasteiger partial charge in [-0.2, -0.15) is 0 Å². The van der Waals surface area contributed by atoms with Crippen LogP contribution in [0.3, 0.4) is 0 Å². The van der Waals surface area contributed by atoms with E-state index in [1.807, 2.05) is 30.4 Å². The van der Waals surface area contributed by atoms with E-state index in [1.165, 1.54) is 27.6 Å². The Morgan fingerprint density at radius 3 is 2.16 bits per heavy atom. The van der Waals surface area contributed by atoms with Crippen LogP contribution in [0.25, 0.3) is 27.8 Å². The summed E-state index contributed by atoms with van der Waals surface area (Å²) in [6.45, 7) is 19.1. The van der Waals surface area contributed by atoms with Crippen molar-refractivity contribution in [3.8, 4) is 11.8 Å². The average Bonchev–Trinajstić information content (AvgIpc) is 3.22. The predicted octanol–water partition coefficient (Wildman–Crippen LogP) is 12.7. The summed E-state index contributed by atoms with van der Waals surface area (Å²) in [4.78, 5) is 8.34. The third kappa shape index (κ3) is 7.12. The predicted molar refractivity (Wildman–Crippen MR) is 234 cm³/mol. The van der Waals surface area contributed by atoms with Crippen molar-refractivity contribution in [2.45, 2.75) is 51.4 Å². The highest BCUT2D eigenvalue weighted by molar-refractivity contribution is 5.98. The first kappa shape index (κ1) is 37.2. The van der Waals surface area contributed by atoms with Crippen LogP contribution in [0.4, 0.5) is 22.7 Å². The standard InChI is InChI=1S/C51H46N4O2/c1-50(2)27-29-54-30-28-51(3,4)47-48(54)44(50)33-37(49(47)56-6)22-26-42-32-38(45(34-52)53-5)31-41(57-42)25-21-35-19-23-40(24-20-35)55(39-15-8-7-9-16-39)46-18-12-14-36-13-10-11-17-43(36)46/h7-26,31-33H,27-30H2,1-4,6H3. The van der Waals surface area contributed by atoms with E-state index in [0.29, 0.717) is 17.1 Å². The van der Waals surface area contributed by atoms with Gasteiger partial charge in [-0.25, -0.2) is 10.1 Å². The molecule has 6 heteroatoms. The molecule has 282 valence electrons. The Morgan fingerprint density at radius 2 is 1.46 bits per heavy atom. The molecule has 0 saturated heterocycles. The molecule has 0 radical (unpaired) electrons. The van der Waals surface area contributed by atoms with Gasteiger partial charge in [-0.1, -0.05) is 101 Å². The number of nitriles is 1. The van der Waals surface area contributed by atoms with Crippen molar-refractivity contribution in [1.82, 2.24) is 0 Å². The Kier molecular flexibility index (Phi) is 9.82. The van der Waals surface area contributed by atoms with Crippen LogP contribution in [0.15, 0.2) is 150 Å². The van der Waals surface area contributed by atoms with Crippen molar-refractivity contribution in [3.05, 3.63) is 184 Å². The summed E-state index contributed by atoms with van der Waals surface area (Å²) in [6, 6.07) is 38.0. The minimum Gasteiger partial charge on any atom is -0.496 e. The molecule has 3 aliphatic rings. The van der Waals surface area contributed by atoms with Gasteiger partial charge in [0.05, 0.1) is 25.4 Å². The lowest BCUT2D eigenvalue weighted by Gasteiger charge is -2.48. The van der Waals surface area contributed by atoms with Gasteiger partial charge in [0.15, 0.2) is 0 Å². The zero-order chi connectivity index (χ0) is 39.7. The minimum atomic E-state index is -0.0499. The van der Waals surface area contributed by atoms with E-state index in [4.69, 9.17) is 16.0 Å². The third-order valence-electron chi connectivity index (χ3n) is 11.6. The zero-order valence-corrected chi connectivity index (χ0v) is 33.2. The topological polar surface area (TPSA) is 53.1 Å². The van der Waals surface area contributed by atoms with Crippen LogP contribution in [0.1, 0.15) is 62.8 Å². The largest absolute Gasteiger partial charge is 0.496 e. The van der Waals surface area contributed by atoms with Crippen LogP contribution >= 0.6 is 0 Å². The van der Waals surface area contributed by atoms with Crippen molar-refractivity contribution >= 4 is 45.7 Å². The van der Waals surface area contributed by atoms with Crippen LogP contribution in [-0.2, 0) is 15.6 Å². The molecule has 0 spiro atoms. The molecule has 3 heterocycles. The SMILES string of the molecule is [C-]#[N+]C(C#N)=C1C=C(C=Cc2ccc(N(c3ccccc3)c3cccc4ccccc34)cc2)OC(C=Cc2cc3c4c(c2OC)C(C)(C)CCN4CCC3(C)C)=C1. The monoisotopic (exact) mass is 746 g/mol. The zero-order valence-electron chi connectivity index (χ0n) is 33.2. The van der Waals surface area contributed by atoms with Crippen molar-refractivity contribution in [2.75, 3.05) is 30.0 Å². The number of rotatable bonds is 8. The second-order valence-corrected chi connectivity index (χ2v) is 16.2. The van der Waals surface area contributed by atoms with E-state index in [0.717, 1.165) is 59.9 Å². The summed E-state index contributed by atoms with van der Waals surface area (Å²) in [5, 5.41) is 12.2. The molecular weight excluding hydrogens is 701 g/mol. The van der Waals surface area contributed by atoms with Gasteiger partial charge in [0, 0.05) is 46.7 Å². The maximum absolute atomic E-state index is 9.84. The van der Waals surface area contributed by atoms with Crippen molar-refractivity contribution in [2.24, 2.45) is 0 Å². The number of hydrogen-bond donors (Lipinski definition) is 0. The van der Waals surface area contributed by atoms with Gasteiger partial charge in [0.1, 0.15) is 17.3 Å². The first-order valence-electron chi connectivity index (χ1n) is 19.5. The Bertz CT molecular complexity index is 2590. The van der Waals surface area contributed by atoms with Gasteiger partial charge in [-0.15, -0.1) is 0 Å². The number of nitrogens with zero attached hydrogens (tertiary/aromatic N) is 4. The van der Waals surface area contributed by atoms with Crippen LogP contribution in [0.2, 0.25) is 0 Å². The highest BCUT2D eigenvalue weighted by atomic mass is 16.5. The van der Waals surface area contributed by atoms with Crippen LogP contribution in [0, 0.1) is 17.9 Å². The van der Waals surface area contributed by atoms with Crippen LogP contribution < -0.4 is 14.5 Å². The Hall–Kier alpha value is -6.76. The highest BCUT2D eigenvalue weighted by Gasteiger charge is 2.42. The Morgan fingerprint density at radius 1 is 0.807 bits per heavy atom. The molecule has 57 heavy (non-hydrogen) atoms. The molecule has 6 nitrogen and oxygen atoms in total. The number of fused-ring (bicyclic) bond motifs is 1. The molecule has 0 atom stereocenters. The van der Waals surface area contributed by atoms with Gasteiger partial charge in [0.2, 0.25) is 0 Å². The summed E-state index contributed by atoms with van der Waals surface area (Å²) in [5.74, 6) is 1.94. The molecule has 5 aromatic rings. The van der Waals surface area contributed by atoms with Crippen molar-refractivity contribution < 1.29 is 9.47 Å². The lowest BCUT2D eigenvalue weighted by molar-refractivity contribution is 0.332. The van der Waals surface area contributed by atoms with E-state index in [1.54, 1.807) is 19.3 Å². The first-order chi connectivity index (χ1) is 27.6. The quantitative estimate of drug-likeness (QED) is 0.117. The highest BCUT2D eigenvalue weighted by Crippen LogP contribution is 2.54. The lowest BCUT2D eigenvalue weighted by Crippen LogP contribution is -2.45. The Balaban J connectivity index is 1.11. The van der Waals surface area contributed by atoms with Crippen molar-refractivity contribution in [3.63, 3.8) is 0 Å². The molecule has 8 rings (SSSR count). The average molecular weight is 747 g/mol. The third-order valence-corrected chi connectivity index (χ3v) is 11.6.